The Hall–Kier alpha value is -2.70. The first-order chi connectivity index (χ1) is 15.4. The molecule has 0 spiro atoms. The highest BCUT2D eigenvalue weighted by molar-refractivity contribution is 7.80. The third-order valence-corrected chi connectivity index (χ3v) is 6.73. The Bertz CT molecular complexity index is 1070. The van der Waals surface area contributed by atoms with Gasteiger partial charge in [-0.2, -0.15) is 0 Å². The average Bonchev–Trinajstić information content (AvgIpc) is 3.27. The number of hydrogen-bond acceptors (Lipinski definition) is 3. The monoisotopic (exact) mass is 447 g/mol. The van der Waals surface area contributed by atoms with Crippen LogP contribution in [0.2, 0.25) is 0 Å². The topological polar surface area (TPSA) is 36.3 Å². The molecule has 2 atom stereocenters. The van der Waals surface area contributed by atoms with Crippen molar-refractivity contribution in [2.24, 2.45) is 0 Å². The third kappa shape index (κ3) is 4.30. The van der Waals surface area contributed by atoms with Crippen LogP contribution >= 0.6 is 12.2 Å². The molecule has 0 unspecified atom stereocenters. The molecule has 0 radical (unpaired) electrons. The summed E-state index contributed by atoms with van der Waals surface area (Å²) in [5.74, 6) is 0. The third-order valence-electron chi connectivity index (χ3n) is 6.38. The minimum atomic E-state index is 0.0160. The zero-order valence-corrected chi connectivity index (χ0v) is 20.5. The summed E-state index contributed by atoms with van der Waals surface area (Å²) in [5.41, 5.74) is 7.34. The molecule has 1 aromatic carbocycles. The van der Waals surface area contributed by atoms with Crippen LogP contribution in [0.25, 0.3) is 5.69 Å². The van der Waals surface area contributed by atoms with Crippen molar-refractivity contribution in [1.29, 1.82) is 0 Å². The first-order valence-electron chi connectivity index (χ1n) is 11.3. The van der Waals surface area contributed by atoms with Crippen LogP contribution in [-0.2, 0) is 6.42 Å². The number of nitrogens with one attached hydrogen (secondary N) is 1. The van der Waals surface area contributed by atoms with Crippen LogP contribution in [0.15, 0.2) is 54.7 Å². The molecule has 5 nitrogen and oxygen atoms in total. The van der Waals surface area contributed by atoms with Gasteiger partial charge >= 0.3 is 0 Å². The van der Waals surface area contributed by atoms with Crippen LogP contribution in [0, 0.1) is 13.8 Å². The van der Waals surface area contributed by atoms with Crippen molar-refractivity contribution in [1.82, 2.24) is 24.7 Å². The van der Waals surface area contributed by atoms with Gasteiger partial charge in [-0.25, -0.2) is 0 Å². The van der Waals surface area contributed by atoms with Crippen molar-refractivity contribution in [3.8, 4) is 5.69 Å². The molecule has 32 heavy (non-hydrogen) atoms. The number of benzene rings is 1. The number of aryl methyl sites for hydroxylation is 2. The van der Waals surface area contributed by atoms with Crippen molar-refractivity contribution < 1.29 is 0 Å². The van der Waals surface area contributed by atoms with E-state index in [4.69, 9.17) is 12.2 Å². The van der Waals surface area contributed by atoms with Gasteiger partial charge in [0.05, 0.1) is 17.8 Å². The maximum absolute atomic E-state index is 5.81. The standard InChI is InChI=1S/C26H33N5S/c1-6-20-10-12-21(13-11-20)31-18(2)17-22(19(31)3)25-24(23-9-7-8-14-27-23)28-26(32)30(25)16-15-29(4)5/h7-14,17,24-25H,6,15-16H2,1-5H3,(H,28,32)/t24-,25+/m0/s1. The minimum absolute atomic E-state index is 0.0160. The van der Waals surface area contributed by atoms with Gasteiger partial charge in [0, 0.05) is 36.4 Å². The fourth-order valence-electron chi connectivity index (χ4n) is 4.66. The molecule has 1 N–H and O–H groups in total. The summed E-state index contributed by atoms with van der Waals surface area (Å²) in [6.07, 6.45) is 2.91. The van der Waals surface area contributed by atoms with Crippen LogP contribution in [0.3, 0.4) is 0 Å². The van der Waals surface area contributed by atoms with Gasteiger partial charge in [0.2, 0.25) is 0 Å². The molecule has 1 aliphatic rings. The second kappa shape index (κ2) is 9.43. The summed E-state index contributed by atoms with van der Waals surface area (Å²) in [6, 6.07) is 17.4. The number of likely N-dealkylation sites (N-methyl/N-ethyl adjacent to an activating group) is 1. The quantitative estimate of drug-likeness (QED) is 0.536. The number of aromatic nitrogens is 2. The Morgan fingerprint density at radius 2 is 1.84 bits per heavy atom. The Labute approximate surface area is 197 Å². The van der Waals surface area contributed by atoms with Crippen LogP contribution in [0.4, 0.5) is 0 Å². The zero-order valence-electron chi connectivity index (χ0n) is 19.7. The lowest BCUT2D eigenvalue weighted by molar-refractivity contribution is 0.277. The van der Waals surface area contributed by atoms with Gasteiger partial charge in [-0.05, 0) is 88.0 Å². The molecule has 0 saturated carbocycles. The van der Waals surface area contributed by atoms with Gasteiger partial charge in [0.25, 0.3) is 0 Å². The van der Waals surface area contributed by atoms with Gasteiger partial charge in [0.1, 0.15) is 0 Å². The van der Waals surface area contributed by atoms with Gasteiger partial charge in [-0.3, -0.25) is 4.98 Å². The van der Waals surface area contributed by atoms with E-state index in [0.29, 0.717) is 0 Å². The van der Waals surface area contributed by atoms with Crippen molar-refractivity contribution >= 4 is 17.3 Å². The number of nitrogens with zero attached hydrogens (tertiary/aromatic N) is 4. The highest BCUT2D eigenvalue weighted by Gasteiger charge is 2.41. The lowest BCUT2D eigenvalue weighted by atomic mass is 9.96. The van der Waals surface area contributed by atoms with E-state index in [1.165, 1.54) is 28.2 Å². The van der Waals surface area contributed by atoms with E-state index in [2.05, 4.69) is 95.9 Å². The lowest BCUT2D eigenvalue weighted by Crippen LogP contribution is -2.35. The Morgan fingerprint density at radius 1 is 1.09 bits per heavy atom. The highest BCUT2D eigenvalue weighted by Crippen LogP contribution is 2.41. The second-order valence-electron chi connectivity index (χ2n) is 8.81. The fourth-order valence-corrected chi connectivity index (χ4v) is 4.99. The summed E-state index contributed by atoms with van der Waals surface area (Å²) in [4.78, 5) is 9.21. The maximum atomic E-state index is 5.81. The molecule has 0 bridgehead atoms. The minimum Gasteiger partial charge on any atom is -0.352 e. The van der Waals surface area contributed by atoms with Gasteiger partial charge in [0.15, 0.2) is 5.11 Å². The van der Waals surface area contributed by atoms with Gasteiger partial charge in [-0.1, -0.05) is 25.1 Å². The molecule has 0 aliphatic carbocycles. The van der Waals surface area contributed by atoms with E-state index >= 15 is 0 Å². The molecule has 168 valence electrons. The normalized spacial score (nSPS) is 18.4. The molecule has 2 aromatic heterocycles. The smallest absolute Gasteiger partial charge is 0.170 e. The van der Waals surface area contributed by atoms with E-state index < -0.39 is 0 Å². The largest absolute Gasteiger partial charge is 0.352 e. The Balaban J connectivity index is 1.78. The molecular formula is C26H33N5S. The lowest BCUT2D eigenvalue weighted by Gasteiger charge is -2.29. The molecule has 1 fully saturated rings. The van der Waals surface area contributed by atoms with Crippen molar-refractivity contribution in [3.05, 3.63) is 82.9 Å². The predicted molar refractivity (Wildman–Crippen MR) is 135 cm³/mol. The first kappa shape index (κ1) is 22.5. The van der Waals surface area contributed by atoms with Crippen LogP contribution in [0.5, 0.6) is 0 Å². The number of pyridine rings is 1. The summed E-state index contributed by atoms with van der Waals surface area (Å²) < 4.78 is 2.36. The van der Waals surface area contributed by atoms with E-state index in [1.807, 2.05) is 18.3 Å². The van der Waals surface area contributed by atoms with E-state index in [1.54, 1.807) is 0 Å². The van der Waals surface area contributed by atoms with Crippen molar-refractivity contribution in [2.45, 2.75) is 39.3 Å². The molecule has 3 heterocycles. The highest BCUT2D eigenvalue weighted by atomic mass is 32.1. The first-order valence-corrected chi connectivity index (χ1v) is 11.7. The molecule has 4 rings (SSSR count). The number of thiocarbonyl (C=S) groups is 1. The number of rotatable bonds is 7. The number of hydrogen-bond donors (Lipinski definition) is 1. The van der Waals surface area contributed by atoms with E-state index in [9.17, 15) is 0 Å². The summed E-state index contributed by atoms with van der Waals surface area (Å²) in [5, 5.41) is 4.37. The molecule has 1 aliphatic heterocycles. The van der Waals surface area contributed by atoms with Crippen molar-refractivity contribution in [2.75, 3.05) is 27.2 Å². The molecule has 1 saturated heterocycles. The van der Waals surface area contributed by atoms with E-state index in [-0.39, 0.29) is 12.1 Å². The van der Waals surface area contributed by atoms with Crippen molar-refractivity contribution in [3.63, 3.8) is 0 Å². The summed E-state index contributed by atoms with van der Waals surface area (Å²) in [6.45, 7) is 8.39. The second-order valence-corrected chi connectivity index (χ2v) is 9.19. The molecular weight excluding hydrogens is 414 g/mol. The van der Waals surface area contributed by atoms with Crippen LogP contribution in [-0.4, -0.2) is 51.6 Å². The van der Waals surface area contributed by atoms with Gasteiger partial charge < -0.3 is 19.7 Å². The molecule has 0 amide bonds. The van der Waals surface area contributed by atoms with Crippen LogP contribution < -0.4 is 5.32 Å². The Morgan fingerprint density at radius 3 is 2.47 bits per heavy atom. The molecule has 3 aromatic rings. The summed E-state index contributed by atoms with van der Waals surface area (Å²) >= 11 is 5.81. The molecule has 6 heteroatoms. The fraction of sp³-hybridized carbons (Fsp3) is 0.385. The van der Waals surface area contributed by atoms with Crippen LogP contribution in [0.1, 0.15) is 47.2 Å². The summed E-state index contributed by atoms with van der Waals surface area (Å²) in [7, 11) is 4.20. The van der Waals surface area contributed by atoms with E-state index in [0.717, 1.165) is 30.3 Å². The average molecular weight is 448 g/mol. The zero-order chi connectivity index (χ0) is 22.8. The Kier molecular flexibility index (Phi) is 6.63. The predicted octanol–water partition coefficient (Wildman–Crippen LogP) is 4.59. The maximum Gasteiger partial charge on any atom is 0.170 e. The SMILES string of the molecule is CCc1ccc(-n2c(C)cc([C@@H]3[C@H](c4ccccn4)NC(=S)N3CCN(C)C)c2C)cc1. The van der Waals surface area contributed by atoms with Gasteiger partial charge in [-0.15, -0.1) is 0 Å².